The van der Waals surface area contributed by atoms with Gasteiger partial charge in [0.05, 0.1) is 50.8 Å². The summed E-state index contributed by atoms with van der Waals surface area (Å²) in [5, 5.41) is 12.8. The zero-order valence-corrected chi connectivity index (χ0v) is 25.1. The van der Waals surface area contributed by atoms with Crippen molar-refractivity contribution in [1.82, 2.24) is 20.2 Å². The summed E-state index contributed by atoms with van der Waals surface area (Å²) in [7, 11) is -3.59. The van der Waals surface area contributed by atoms with E-state index in [1.807, 2.05) is 33.8 Å². The van der Waals surface area contributed by atoms with Crippen LogP contribution in [0.4, 0.5) is 23.1 Å². The number of sulfone groups is 1. The second kappa shape index (κ2) is 11.8. The Kier molecular flexibility index (Phi) is 8.55. The van der Waals surface area contributed by atoms with Gasteiger partial charge in [0.1, 0.15) is 10.8 Å². The van der Waals surface area contributed by atoms with Crippen molar-refractivity contribution >= 4 is 50.5 Å². The van der Waals surface area contributed by atoms with E-state index in [4.69, 9.17) is 22.1 Å². The highest BCUT2D eigenvalue weighted by molar-refractivity contribution is 7.92. The van der Waals surface area contributed by atoms with E-state index in [1.54, 1.807) is 38.1 Å². The molecule has 0 aliphatic rings. The molecule has 4 aromatic rings. The molecular formula is C28H32ClN7O4S. The number of aryl methyl sites for hydroxylation is 1. The van der Waals surface area contributed by atoms with Gasteiger partial charge in [-0.2, -0.15) is 10.1 Å². The maximum absolute atomic E-state index is 12.9. The topological polar surface area (TPSA) is 165 Å². The molecule has 2 aromatic carbocycles. The number of rotatable bonds is 10. The minimum Gasteiger partial charge on any atom is -0.489 e. The van der Waals surface area contributed by atoms with E-state index in [2.05, 4.69) is 30.8 Å². The van der Waals surface area contributed by atoms with Crippen molar-refractivity contribution in [2.45, 2.75) is 57.8 Å². The normalized spacial score (nSPS) is 11.6. The SMILES string of the molecule is Cc1cc(-c2c(C(N)=O)cc(Nc3ncc(Cl)c(Nc4ccccc4S(=O)(=O)C(C)C)n3)c(OC(C)C)c2C)[nH]n1. The van der Waals surface area contributed by atoms with Gasteiger partial charge in [0.25, 0.3) is 0 Å². The second-order valence-electron chi connectivity index (χ2n) is 9.98. The number of nitrogens with one attached hydrogen (secondary N) is 3. The van der Waals surface area contributed by atoms with E-state index in [1.165, 1.54) is 12.3 Å². The highest BCUT2D eigenvalue weighted by atomic mass is 35.5. The third kappa shape index (κ3) is 6.28. The molecule has 0 atom stereocenters. The molecule has 0 radical (unpaired) electrons. The van der Waals surface area contributed by atoms with Crippen molar-refractivity contribution in [1.29, 1.82) is 0 Å². The molecule has 13 heteroatoms. The predicted molar refractivity (Wildman–Crippen MR) is 160 cm³/mol. The fraction of sp³-hybridized carbons (Fsp3) is 0.286. The van der Waals surface area contributed by atoms with Crippen LogP contribution < -0.4 is 21.1 Å². The Labute approximate surface area is 243 Å². The number of aromatic amines is 1. The third-order valence-electron chi connectivity index (χ3n) is 6.17. The number of aromatic nitrogens is 4. The maximum atomic E-state index is 12.9. The number of primary amides is 1. The van der Waals surface area contributed by atoms with Crippen molar-refractivity contribution in [3.05, 3.63) is 64.4 Å². The number of nitrogens with two attached hydrogens (primary N) is 1. The summed E-state index contributed by atoms with van der Waals surface area (Å²) in [5.74, 6) is 0.124. The molecule has 0 saturated heterocycles. The molecule has 0 fully saturated rings. The molecule has 41 heavy (non-hydrogen) atoms. The molecule has 1 amide bonds. The van der Waals surface area contributed by atoms with Gasteiger partial charge in [0.2, 0.25) is 11.9 Å². The van der Waals surface area contributed by atoms with Crippen molar-refractivity contribution in [2.24, 2.45) is 5.73 Å². The van der Waals surface area contributed by atoms with Gasteiger partial charge >= 0.3 is 0 Å². The summed E-state index contributed by atoms with van der Waals surface area (Å²) in [6, 6.07) is 9.92. The molecule has 0 aliphatic carbocycles. The maximum Gasteiger partial charge on any atom is 0.249 e. The number of para-hydroxylation sites is 1. The quantitative estimate of drug-likeness (QED) is 0.179. The van der Waals surface area contributed by atoms with Crippen LogP contribution in [0, 0.1) is 13.8 Å². The summed E-state index contributed by atoms with van der Waals surface area (Å²) in [4.78, 5) is 21.5. The molecule has 0 unspecified atom stereocenters. The standard InChI is InChI=1S/C28H32ClN7O4S/c1-14(2)40-25-17(6)24(21-11-16(5)35-36-21)18(26(30)37)12-22(25)33-28-31-13-19(29)27(34-28)32-20-9-7-8-10-23(20)41(38,39)15(3)4/h7-15H,1-6H3,(H2,30,37)(H,35,36)(H2,31,32,33,34). The minimum atomic E-state index is -3.59. The molecule has 2 heterocycles. The second-order valence-corrected chi connectivity index (χ2v) is 12.9. The van der Waals surface area contributed by atoms with Crippen LogP contribution in [0.1, 0.15) is 49.3 Å². The number of H-pyrrole nitrogens is 1. The summed E-state index contributed by atoms with van der Waals surface area (Å²) >= 11 is 6.40. The fourth-order valence-corrected chi connectivity index (χ4v) is 5.55. The lowest BCUT2D eigenvalue weighted by molar-refractivity contribution is 0.100. The highest BCUT2D eigenvalue weighted by Gasteiger charge is 2.25. The van der Waals surface area contributed by atoms with Gasteiger partial charge in [-0.15, -0.1) is 0 Å². The number of benzene rings is 2. The Hall–Kier alpha value is -4.16. The number of halogens is 1. The molecule has 0 saturated carbocycles. The van der Waals surface area contributed by atoms with Crippen molar-refractivity contribution in [3.8, 4) is 17.0 Å². The first kappa shape index (κ1) is 29.8. The monoisotopic (exact) mass is 597 g/mol. The predicted octanol–water partition coefficient (Wildman–Crippen LogP) is 5.69. The molecule has 5 N–H and O–H groups in total. The summed E-state index contributed by atoms with van der Waals surface area (Å²) < 4.78 is 32.0. The van der Waals surface area contributed by atoms with Gasteiger partial charge < -0.3 is 21.1 Å². The smallest absolute Gasteiger partial charge is 0.249 e. The van der Waals surface area contributed by atoms with Crippen LogP contribution in [-0.4, -0.2) is 45.8 Å². The van der Waals surface area contributed by atoms with E-state index in [-0.39, 0.29) is 33.4 Å². The van der Waals surface area contributed by atoms with Gasteiger partial charge in [-0.1, -0.05) is 23.7 Å². The van der Waals surface area contributed by atoms with Gasteiger partial charge in [-0.25, -0.2) is 13.4 Å². The number of hydrogen-bond acceptors (Lipinski definition) is 9. The van der Waals surface area contributed by atoms with Crippen LogP contribution in [0.15, 0.2) is 47.5 Å². The summed E-state index contributed by atoms with van der Waals surface area (Å²) in [5.41, 5.74) is 9.36. The van der Waals surface area contributed by atoms with Gasteiger partial charge in [-0.3, -0.25) is 9.89 Å². The Morgan fingerprint density at radius 1 is 1.07 bits per heavy atom. The zero-order chi connectivity index (χ0) is 30.1. The number of carbonyl (C=O) groups excluding carboxylic acids is 1. The molecule has 0 spiro atoms. The Morgan fingerprint density at radius 2 is 1.78 bits per heavy atom. The number of anilines is 4. The Bertz CT molecular complexity index is 1720. The van der Waals surface area contributed by atoms with Crippen molar-refractivity contribution in [3.63, 3.8) is 0 Å². The number of carbonyl (C=O) groups is 1. The van der Waals surface area contributed by atoms with Crippen molar-refractivity contribution < 1.29 is 17.9 Å². The first-order valence-electron chi connectivity index (χ1n) is 12.9. The van der Waals surface area contributed by atoms with Gasteiger partial charge in [0, 0.05) is 11.1 Å². The Morgan fingerprint density at radius 3 is 2.39 bits per heavy atom. The molecule has 0 aliphatic heterocycles. The van der Waals surface area contributed by atoms with Crippen molar-refractivity contribution in [2.75, 3.05) is 10.6 Å². The van der Waals surface area contributed by atoms with Crippen LogP contribution in [0.3, 0.4) is 0 Å². The average molecular weight is 598 g/mol. The minimum absolute atomic E-state index is 0.120. The fourth-order valence-electron chi connectivity index (χ4n) is 4.21. The van der Waals surface area contributed by atoms with E-state index < -0.39 is 21.0 Å². The number of nitrogens with zero attached hydrogens (tertiary/aromatic N) is 3. The molecule has 2 aromatic heterocycles. The lowest BCUT2D eigenvalue weighted by Gasteiger charge is -2.21. The number of ether oxygens (including phenoxy) is 1. The number of amides is 1. The van der Waals surface area contributed by atoms with Gasteiger partial charge in [0.15, 0.2) is 15.7 Å². The molecule has 0 bridgehead atoms. The van der Waals surface area contributed by atoms with Crippen LogP contribution in [0.25, 0.3) is 11.3 Å². The van der Waals surface area contributed by atoms with Crippen LogP contribution >= 0.6 is 11.6 Å². The van der Waals surface area contributed by atoms with E-state index in [0.717, 1.165) is 5.69 Å². The van der Waals surface area contributed by atoms with Gasteiger partial charge in [-0.05, 0) is 65.8 Å². The van der Waals surface area contributed by atoms with E-state index in [9.17, 15) is 13.2 Å². The molecule has 4 rings (SSSR count). The summed E-state index contributed by atoms with van der Waals surface area (Å²) in [6.45, 7) is 10.7. The zero-order valence-electron chi connectivity index (χ0n) is 23.5. The highest BCUT2D eigenvalue weighted by Crippen LogP contribution is 2.41. The lowest BCUT2D eigenvalue weighted by Crippen LogP contribution is -2.16. The first-order valence-corrected chi connectivity index (χ1v) is 14.8. The molecule has 216 valence electrons. The first-order chi connectivity index (χ1) is 19.3. The van der Waals surface area contributed by atoms with E-state index in [0.29, 0.717) is 33.9 Å². The largest absolute Gasteiger partial charge is 0.489 e. The van der Waals surface area contributed by atoms with Crippen LogP contribution in [0.5, 0.6) is 5.75 Å². The Balaban J connectivity index is 1.79. The van der Waals surface area contributed by atoms with Crippen LogP contribution in [-0.2, 0) is 9.84 Å². The molecule has 11 nitrogen and oxygen atoms in total. The van der Waals surface area contributed by atoms with E-state index >= 15 is 0 Å². The average Bonchev–Trinajstić information content (AvgIpc) is 3.33. The third-order valence-corrected chi connectivity index (χ3v) is 8.66. The number of hydrogen-bond donors (Lipinski definition) is 4. The summed E-state index contributed by atoms with van der Waals surface area (Å²) in [6.07, 6.45) is 1.18. The van der Waals surface area contributed by atoms with Crippen LogP contribution in [0.2, 0.25) is 5.02 Å². The lowest BCUT2D eigenvalue weighted by atomic mass is 9.96. The molecular weight excluding hydrogens is 566 g/mol.